The van der Waals surface area contributed by atoms with E-state index < -0.39 is 4.92 Å². The number of nitrogens with zero attached hydrogens (tertiary/aromatic N) is 5. The molecular weight excluding hydrogens is 334 g/mol. The highest BCUT2D eigenvalue weighted by atomic mass is 35.5. The van der Waals surface area contributed by atoms with Crippen LogP contribution in [0.1, 0.15) is 10.4 Å². The number of amides is 1. The van der Waals surface area contributed by atoms with Gasteiger partial charge in [0.2, 0.25) is 0 Å². The quantitative estimate of drug-likeness (QED) is 0.622. The van der Waals surface area contributed by atoms with Crippen LogP contribution in [-0.2, 0) is 0 Å². The van der Waals surface area contributed by atoms with Gasteiger partial charge in [0.15, 0.2) is 5.82 Å². The topological polar surface area (TPSA) is 92.5 Å². The summed E-state index contributed by atoms with van der Waals surface area (Å²) in [6.45, 7) is 2.18. The fourth-order valence-corrected chi connectivity index (χ4v) is 2.76. The summed E-state index contributed by atoms with van der Waals surface area (Å²) >= 11 is 6.04. The van der Waals surface area contributed by atoms with E-state index in [1.54, 1.807) is 11.1 Å². The Bertz CT molecular complexity index is 763. The minimum Gasteiger partial charge on any atom is -0.352 e. The number of carbonyl (C=O) groups excluding carboxylic acids is 1. The fraction of sp³-hybridized carbons (Fsp3) is 0.267. The van der Waals surface area contributed by atoms with Crippen LogP contribution in [0.25, 0.3) is 0 Å². The number of carbonyl (C=O) groups is 1. The standard InChI is InChI=1S/C15H14ClN5O3/c16-13-4-3-11(21(23)24)10-12(13)15(22)20-8-6-19(7-9-20)14-2-1-5-17-18-14/h1-5,10H,6-9H2. The Morgan fingerprint density at radius 3 is 2.58 bits per heavy atom. The predicted octanol–water partition coefficient (Wildman–Crippen LogP) is 2.00. The minimum atomic E-state index is -0.543. The number of nitro benzene ring substituents is 1. The molecule has 1 aliphatic rings. The molecule has 0 saturated carbocycles. The molecule has 0 radical (unpaired) electrons. The molecule has 9 heteroatoms. The highest BCUT2D eigenvalue weighted by Crippen LogP contribution is 2.24. The molecule has 24 heavy (non-hydrogen) atoms. The number of benzene rings is 1. The van der Waals surface area contributed by atoms with Crippen molar-refractivity contribution in [2.75, 3.05) is 31.1 Å². The molecule has 0 bridgehead atoms. The van der Waals surface area contributed by atoms with Crippen molar-refractivity contribution in [3.63, 3.8) is 0 Å². The van der Waals surface area contributed by atoms with Gasteiger partial charge in [-0.2, -0.15) is 5.10 Å². The summed E-state index contributed by atoms with van der Waals surface area (Å²) < 4.78 is 0. The van der Waals surface area contributed by atoms with Crippen molar-refractivity contribution < 1.29 is 9.72 Å². The Morgan fingerprint density at radius 1 is 1.21 bits per heavy atom. The Kier molecular flexibility index (Phi) is 4.57. The van der Waals surface area contributed by atoms with Gasteiger partial charge < -0.3 is 9.80 Å². The van der Waals surface area contributed by atoms with Crippen molar-refractivity contribution in [2.45, 2.75) is 0 Å². The highest BCUT2D eigenvalue weighted by Gasteiger charge is 2.25. The van der Waals surface area contributed by atoms with Crippen LogP contribution in [0.3, 0.4) is 0 Å². The normalized spacial score (nSPS) is 14.5. The first kappa shape index (κ1) is 16.1. The van der Waals surface area contributed by atoms with Gasteiger partial charge in [-0.25, -0.2) is 0 Å². The lowest BCUT2D eigenvalue weighted by molar-refractivity contribution is -0.384. The van der Waals surface area contributed by atoms with E-state index in [1.807, 2.05) is 17.0 Å². The monoisotopic (exact) mass is 347 g/mol. The van der Waals surface area contributed by atoms with Crippen LogP contribution in [0, 0.1) is 10.1 Å². The van der Waals surface area contributed by atoms with E-state index in [0.29, 0.717) is 26.2 Å². The number of nitro groups is 1. The third-order valence-corrected chi connectivity index (χ3v) is 4.17. The molecule has 1 aliphatic heterocycles. The summed E-state index contributed by atoms with van der Waals surface area (Å²) in [7, 11) is 0. The number of non-ortho nitro benzene ring substituents is 1. The van der Waals surface area contributed by atoms with Gasteiger partial charge in [0.05, 0.1) is 15.5 Å². The van der Waals surface area contributed by atoms with Crippen LogP contribution in [0.4, 0.5) is 11.5 Å². The average Bonchev–Trinajstić information content (AvgIpc) is 2.62. The maximum atomic E-state index is 12.6. The molecule has 3 rings (SSSR count). The third-order valence-electron chi connectivity index (χ3n) is 3.84. The average molecular weight is 348 g/mol. The van der Waals surface area contributed by atoms with Crippen molar-refractivity contribution in [3.8, 4) is 0 Å². The Morgan fingerprint density at radius 2 is 1.96 bits per heavy atom. The molecule has 1 amide bonds. The summed E-state index contributed by atoms with van der Waals surface area (Å²) in [5.41, 5.74) is -0.000217. The molecule has 1 fully saturated rings. The van der Waals surface area contributed by atoms with Crippen molar-refractivity contribution in [1.29, 1.82) is 0 Å². The van der Waals surface area contributed by atoms with Gasteiger partial charge in [-0.15, -0.1) is 5.10 Å². The van der Waals surface area contributed by atoms with Gasteiger partial charge in [0.1, 0.15) is 0 Å². The first-order valence-electron chi connectivity index (χ1n) is 7.32. The molecule has 8 nitrogen and oxygen atoms in total. The first-order valence-corrected chi connectivity index (χ1v) is 7.70. The number of hydrogen-bond acceptors (Lipinski definition) is 6. The molecule has 0 atom stereocenters. The molecule has 1 aromatic carbocycles. The second-order valence-electron chi connectivity index (χ2n) is 5.28. The van der Waals surface area contributed by atoms with Gasteiger partial charge in [-0.3, -0.25) is 14.9 Å². The molecular formula is C15H14ClN5O3. The predicted molar refractivity (Wildman–Crippen MR) is 88.3 cm³/mol. The summed E-state index contributed by atoms with van der Waals surface area (Å²) in [5.74, 6) is 0.459. The lowest BCUT2D eigenvalue weighted by Gasteiger charge is -2.35. The van der Waals surface area contributed by atoms with Crippen LogP contribution in [0.15, 0.2) is 36.5 Å². The molecule has 124 valence electrons. The second-order valence-corrected chi connectivity index (χ2v) is 5.69. The molecule has 0 unspecified atom stereocenters. The molecule has 2 aromatic rings. The van der Waals surface area contributed by atoms with E-state index in [0.717, 1.165) is 5.82 Å². The van der Waals surface area contributed by atoms with E-state index in [9.17, 15) is 14.9 Å². The van der Waals surface area contributed by atoms with Crippen LogP contribution in [0.5, 0.6) is 0 Å². The lowest BCUT2D eigenvalue weighted by Crippen LogP contribution is -2.49. The van der Waals surface area contributed by atoms with Crippen molar-refractivity contribution >= 4 is 29.0 Å². The van der Waals surface area contributed by atoms with Crippen LogP contribution in [0.2, 0.25) is 5.02 Å². The van der Waals surface area contributed by atoms with Crippen molar-refractivity contribution in [2.24, 2.45) is 0 Å². The lowest BCUT2D eigenvalue weighted by atomic mass is 10.1. The number of hydrogen-bond donors (Lipinski definition) is 0. The highest BCUT2D eigenvalue weighted by molar-refractivity contribution is 6.33. The zero-order valence-corrected chi connectivity index (χ0v) is 13.4. The van der Waals surface area contributed by atoms with Gasteiger partial charge in [0.25, 0.3) is 11.6 Å². The van der Waals surface area contributed by atoms with E-state index >= 15 is 0 Å². The zero-order valence-electron chi connectivity index (χ0n) is 12.6. The molecule has 0 aliphatic carbocycles. The molecule has 1 saturated heterocycles. The van der Waals surface area contributed by atoms with E-state index in [2.05, 4.69) is 10.2 Å². The maximum Gasteiger partial charge on any atom is 0.270 e. The molecule has 0 spiro atoms. The minimum absolute atomic E-state index is 0.152. The smallest absolute Gasteiger partial charge is 0.270 e. The maximum absolute atomic E-state index is 12.6. The van der Waals surface area contributed by atoms with Crippen molar-refractivity contribution in [3.05, 3.63) is 57.2 Å². The number of halogens is 1. The summed E-state index contributed by atoms with van der Waals surface area (Å²) in [6.07, 6.45) is 1.60. The summed E-state index contributed by atoms with van der Waals surface area (Å²) in [4.78, 5) is 26.6. The van der Waals surface area contributed by atoms with Crippen LogP contribution < -0.4 is 4.90 Å². The fourth-order valence-electron chi connectivity index (χ4n) is 2.56. The Labute approximate surface area is 142 Å². The number of anilines is 1. The molecule has 0 N–H and O–H groups in total. The summed E-state index contributed by atoms with van der Waals surface area (Å²) in [6, 6.07) is 7.55. The number of rotatable bonds is 3. The summed E-state index contributed by atoms with van der Waals surface area (Å²) in [5, 5.41) is 19.0. The molecule has 2 heterocycles. The Hall–Kier alpha value is -2.74. The second kappa shape index (κ2) is 6.79. The number of piperazine rings is 1. The first-order chi connectivity index (χ1) is 11.6. The van der Waals surface area contributed by atoms with Gasteiger partial charge in [-0.1, -0.05) is 11.6 Å². The Balaban J connectivity index is 1.71. The van der Waals surface area contributed by atoms with Gasteiger partial charge >= 0.3 is 0 Å². The molecule has 1 aromatic heterocycles. The number of aromatic nitrogens is 2. The zero-order chi connectivity index (χ0) is 17.1. The van der Waals surface area contributed by atoms with Gasteiger partial charge in [0, 0.05) is 44.5 Å². The third kappa shape index (κ3) is 3.28. The van der Waals surface area contributed by atoms with Gasteiger partial charge in [-0.05, 0) is 18.2 Å². The van der Waals surface area contributed by atoms with Crippen molar-refractivity contribution in [1.82, 2.24) is 15.1 Å². The largest absolute Gasteiger partial charge is 0.352 e. The van der Waals surface area contributed by atoms with E-state index in [4.69, 9.17) is 11.6 Å². The SMILES string of the molecule is O=C(c1cc([N+](=O)[O-])ccc1Cl)N1CCN(c2cccnn2)CC1. The van der Waals surface area contributed by atoms with Crippen LogP contribution >= 0.6 is 11.6 Å². The van der Waals surface area contributed by atoms with E-state index in [1.165, 1.54) is 18.2 Å². The van der Waals surface area contributed by atoms with Crippen LogP contribution in [-0.4, -0.2) is 52.1 Å². The van der Waals surface area contributed by atoms with E-state index in [-0.39, 0.29) is 22.2 Å².